The molecule has 0 saturated carbocycles. The predicted molar refractivity (Wildman–Crippen MR) is 118 cm³/mol. The van der Waals surface area contributed by atoms with Crippen LogP contribution in [0.5, 0.6) is 11.5 Å². The lowest BCUT2D eigenvalue weighted by atomic mass is 9.85. The average molecular weight is 483 g/mol. The molecule has 0 bridgehead atoms. The first-order chi connectivity index (χ1) is 15.5. The van der Waals surface area contributed by atoms with E-state index < -0.39 is 36.8 Å². The molecule has 1 saturated heterocycles. The van der Waals surface area contributed by atoms with Gasteiger partial charge in [0.25, 0.3) is 0 Å². The molecule has 9 nitrogen and oxygen atoms in total. The Morgan fingerprint density at radius 2 is 2.03 bits per heavy atom. The van der Waals surface area contributed by atoms with Gasteiger partial charge < -0.3 is 29.3 Å². The number of likely N-dealkylation sites (N-methyl/N-ethyl adjacent to an activating group) is 1. The normalized spacial score (nSPS) is 20.4. The summed E-state index contributed by atoms with van der Waals surface area (Å²) < 4.78 is 30.7. The van der Waals surface area contributed by atoms with Crippen LogP contribution in [0.3, 0.4) is 0 Å². The summed E-state index contributed by atoms with van der Waals surface area (Å²) in [7, 11) is -3.12. The van der Waals surface area contributed by atoms with E-state index in [4.69, 9.17) is 21.9 Å². The van der Waals surface area contributed by atoms with E-state index in [1.807, 2.05) is 4.90 Å². The first-order valence-corrected chi connectivity index (χ1v) is 11.6. The Balaban J connectivity index is 1.99. The second-order valence-corrected chi connectivity index (χ2v) is 9.29. The topological polar surface area (TPSA) is 141 Å². The van der Waals surface area contributed by atoms with Crippen molar-refractivity contribution in [2.75, 3.05) is 20.1 Å². The van der Waals surface area contributed by atoms with Crippen molar-refractivity contribution in [3.8, 4) is 22.8 Å². The van der Waals surface area contributed by atoms with Crippen molar-refractivity contribution >= 4 is 30.4 Å². The van der Waals surface area contributed by atoms with Crippen molar-refractivity contribution in [1.29, 1.82) is 0 Å². The van der Waals surface area contributed by atoms with E-state index in [2.05, 4.69) is 0 Å². The maximum Gasteiger partial charge on any atom is 0.469 e. The summed E-state index contributed by atoms with van der Waals surface area (Å²) in [5, 5.41) is 21.1. The zero-order chi connectivity index (χ0) is 24.1. The summed E-state index contributed by atoms with van der Waals surface area (Å²) in [6.45, 7) is 0.654. The summed E-state index contributed by atoms with van der Waals surface area (Å²) in [4.78, 5) is 33.6. The van der Waals surface area contributed by atoms with Crippen molar-refractivity contribution in [2.24, 2.45) is 0 Å². The van der Waals surface area contributed by atoms with Crippen LogP contribution in [0, 0.1) is 0 Å². The number of phosphoric ester groups is 1. The van der Waals surface area contributed by atoms with Gasteiger partial charge >= 0.3 is 7.82 Å². The highest BCUT2D eigenvalue weighted by Crippen LogP contribution is 2.47. The number of halogens is 1. The largest absolute Gasteiger partial charge is 0.507 e. The van der Waals surface area contributed by atoms with Crippen molar-refractivity contribution in [2.45, 2.75) is 18.4 Å². The minimum atomic E-state index is -4.88. The lowest BCUT2D eigenvalue weighted by Crippen LogP contribution is -2.41. The Labute approximate surface area is 189 Å². The minimum absolute atomic E-state index is 0.00192. The number of phenolic OH excluding ortho intramolecular Hbond substituents is 2. The molecule has 0 radical (unpaired) electrons. The summed E-state index contributed by atoms with van der Waals surface area (Å²) in [5.41, 5.74) is -0.571. The zero-order valence-corrected chi connectivity index (χ0v) is 18.5. The molecular formula is C21H21ClNO8P. The fourth-order valence-electron chi connectivity index (χ4n) is 4.09. The Morgan fingerprint density at radius 3 is 2.72 bits per heavy atom. The van der Waals surface area contributed by atoms with E-state index in [0.717, 1.165) is 12.1 Å². The number of nitrogens with zero attached hydrogens (tertiary/aromatic N) is 1. The monoisotopic (exact) mass is 482 g/mol. The van der Waals surface area contributed by atoms with Crippen LogP contribution in [0.2, 0.25) is 5.02 Å². The van der Waals surface area contributed by atoms with Crippen LogP contribution < -0.4 is 5.43 Å². The maximum atomic E-state index is 13.0. The second-order valence-electron chi connectivity index (χ2n) is 7.69. The summed E-state index contributed by atoms with van der Waals surface area (Å²) in [5.74, 6) is -1.75. The van der Waals surface area contributed by atoms with Gasteiger partial charge in [-0.05, 0) is 32.1 Å². The van der Waals surface area contributed by atoms with Gasteiger partial charge in [0, 0.05) is 35.7 Å². The minimum Gasteiger partial charge on any atom is -0.507 e. The smallest absolute Gasteiger partial charge is 0.469 e. The van der Waals surface area contributed by atoms with Gasteiger partial charge in [0.05, 0.1) is 12.5 Å². The number of phenols is 2. The SMILES string of the molecule is [2H]c1cccc(Cl)c1-c1cc(=O)c2c(O)cc(O)c(C3CCN(C)CC3OP(=O)(O)O)c2o1. The van der Waals surface area contributed by atoms with Gasteiger partial charge in [0.15, 0.2) is 5.43 Å². The Bertz CT molecular complexity index is 1320. The van der Waals surface area contributed by atoms with Gasteiger partial charge in [-0.15, -0.1) is 0 Å². The van der Waals surface area contributed by atoms with Gasteiger partial charge in [-0.25, -0.2) is 4.57 Å². The molecule has 32 heavy (non-hydrogen) atoms. The third kappa shape index (κ3) is 4.41. The van der Waals surface area contributed by atoms with E-state index in [1.165, 1.54) is 12.1 Å². The molecule has 1 aliphatic rings. The first kappa shape index (κ1) is 21.5. The molecule has 11 heteroatoms. The molecule has 0 aliphatic carbocycles. The highest BCUT2D eigenvalue weighted by Gasteiger charge is 2.38. The van der Waals surface area contributed by atoms with Gasteiger partial charge in [0.2, 0.25) is 0 Å². The van der Waals surface area contributed by atoms with Gasteiger partial charge in [-0.1, -0.05) is 23.7 Å². The number of piperidine rings is 1. The number of likely N-dealkylation sites (tertiary alicyclic amines) is 1. The van der Waals surface area contributed by atoms with E-state index in [-0.39, 0.29) is 45.5 Å². The molecule has 2 atom stereocenters. The van der Waals surface area contributed by atoms with Crippen molar-refractivity contribution < 1.29 is 34.9 Å². The number of aromatic hydroxyl groups is 2. The van der Waals surface area contributed by atoms with Gasteiger partial charge in [-0.2, -0.15) is 0 Å². The third-order valence-electron chi connectivity index (χ3n) is 5.46. The number of phosphoric acid groups is 1. The molecule has 4 rings (SSSR count). The first-order valence-electron chi connectivity index (χ1n) is 10.2. The molecule has 2 aromatic carbocycles. The van der Waals surface area contributed by atoms with E-state index in [0.29, 0.717) is 13.0 Å². The van der Waals surface area contributed by atoms with Crippen LogP contribution in [0.25, 0.3) is 22.3 Å². The number of hydrogen-bond donors (Lipinski definition) is 4. The maximum absolute atomic E-state index is 13.0. The van der Waals surface area contributed by atoms with Crippen molar-refractivity contribution in [3.63, 3.8) is 0 Å². The summed E-state index contributed by atoms with van der Waals surface area (Å²) >= 11 is 6.24. The van der Waals surface area contributed by atoms with Crippen LogP contribution in [0.1, 0.15) is 19.3 Å². The third-order valence-corrected chi connectivity index (χ3v) is 6.32. The molecule has 1 aliphatic heterocycles. The Kier molecular flexibility index (Phi) is 5.71. The quantitative estimate of drug-likeness (QED) is 0.411. The lowest BCUT2D eigenvalue weighted by Gasteiger charge is -2.36. The molecule has 3 aromatic rings. The summed E-state index contributed by atoms with van der Waals surface area (Å²) in [6.07, 6.45) is -0.720. The molecule has 170 valence electrons. The fraction of sp³-hybridized carbons (Fsp3) is 0.286. The number of hydrogen-bond acceptors (Lipinski definition) is 7. The van der Waals surface area contributed by atoms with Crippen LogP contribution in [-0.2, 0) is 9.09 Å². The molecule has 2 heterocycles. The molecule has 0 amide bonds. The molecule has 1 aromatic heterocycles. The molecule has 2 unspecified atom stereocenters. The van der Waals surface area contributed by atoms with Crippen LogP contribution in [0.15, 0.2) is 45.6 Å². The van der Waals surface area contributed by atoms with Gasteiger partial charge in [-0.3, -0.25) is 9.32 Å². The number of rotatable bonds is 4. The zero-order valence-electron chi connectivity index (χ0n) is 17.9. The number of benzene rings is 2. The highest BCUT2D eigenvalue weighted by atomic mass is 35.5. The molecule has 0 spiro atoms. The fourth-order valence-corrected chi connectivity index (χ4v) is 4.88. The van der Waals surface area contributed by atoms with E-state index >= 15 is 0 Å². The second kappa shape index (κ2) is 8.51. The average Bonchev–Trinajstić information content (AvgIpc) is 2.67. The van der Waals surface area contributed by atoms with Crippen LogP contribution >= 0.6 is 19.4 Å². The van der Waals surface area contributed by atoms with Crippen molar-refractivity contribution in [1.82, 2.24) is 4.90 Å². The van der Waals surface area contributed by atoms with E-state index in [1.54, 1.807) is 13.1 Å². The standard InChI is InChI=1S/C21H21ClNO8P/c1-23-7-6-12(18(10-23)31-32(27,28)29)19-14(24)8-15(25)20-16(26)9-17(30-21(19)20)11-4-2-3-5-13(11)22/h2-5,8-9,12,18,24-25H,6-7,10H2,1H3,(H2,27,28,29)/i4D. The van der Waals surface area contributed by atoms with E-state index in [9.17, 15) is 29.4 Å². The highest BCUT2D eigenvalue weighted by molar-refractivity contribution is 7.46. The molecule has 4 N–H and O–H groups in total. The molecule has 1 fully saturated rings. The van der Waals surface area contributed by atoms with Crippen LogP contribution in [0.4, 0.5) is 0 Å². The van der Waals surface area contributed by atoms with Gasteiger partial charge in [0.1, 0.15) is 28.2 Å². The lowest BCUT2D eigenvalue weighted by molar-refractivity contribution is 0.0544. The Hall–Kier alpha value is -2.39. The molecular weight excluding hydrogens is 461 g/mol. The number of fused-ring (bicyclic) bond motifs is 1. The Morgan fingerprint density at radius 1 is 1.28 bits per heavy atom. The van der Waals surface area contributed by atoms with Crippen molar-refractivity contribution in [3.05, 3.63) is 57.2 Å². The van der Waals surface area contributed by atoms with Crippen LogP contribution in [-0.4, -0.2) is 51.1 Å². The summed E-state index contributed by atoms with van der Waals surface area (Å²) in [6, 6.07) is 6.65. The predicted octanol–water partition coefficient (Wildman–Crippen LogP) is 3.42.